The summed E-state index contributed by atoms with van der Waals surface area (Å²) in [7, 11) is 0. The SMILES string of the molecule is CCCC/C=C/CC/C=C/CC/C=C/C(O)C(COC1OC(CO)C(O)C(O)C1O)NC(=O)CCCCCCCCCCCCCCCCC/C=C\C/C=C\CCCCCCCCCCCOC(=O)CCCCCCC/C=C\CCCCC. The number of unbranched alkanes of at least 4 members (excludes halogenated alkanes) is 36. The highest BCUT2D eigenvalue weighted by molar-refractivity contribution is 5.76. The maximum atomic E-state index is 13.0. The molecule has 7 unspecified atom stereocenters. The van der Waals surface area contributed by atoms with Gasteiger partial charge in [0.25, 0.3) is 0 Å². The molecule has 0 radical (unpaired) electrons. The average molecular weight is 1170 g/mol. The van der Waals surface area contributed by atoms with E-state index in [0.29, 0.717) is 19.4 Å². The van der Waals surface area contributed by atoms with Crippen LogP contribution in [-0.2, 0) is 23.8 Å². The van der Waals surface area contributed by atoms with Gasteiger partial charge in [0, 0.05) is 12.8 Å². The van der Waals surface area contributed by atoms with E-state index in [9.17, 15) is 35.1 Å². The molecule has 1 heterocycles. The van der Waals surface area contributed by atoms with E-state index >= 15 is 0 Å². The fourth-order valence-electron chi connectivity index (χ4n) is 10.5. The molecule has 6 N–H and O–H groups in total. The molecule has 0 aromatic rings. The van der Waals surface area contributed by atoms with Crippen LogP contribution in [0.25, 0.3) is 0 Å². The third kappa shape index (κ3) is 49.9. The first-order valence-electron chi connectivity index (χ1n) is 34.7. The van der Waals surface area contributed by atoms with E-state index in [4.69, 9.17) is 14.2 Å². The number of nitrogens with one attached hydrogen (secondary N) is 1. The third-order valence-electron chi connectivity index (χ3n) is 16.0. The Morgan fingerprint density at radius 1 is 0.446 bits per heavy atom. The summed E-state index contributed by atoms with van der Waals surface area (Å²) in [4.78, 5) is 25.1. The molecule has 7 atom stereocenters. The zero-order chi connectivity index (χ0) is 60.2. The molecule has 0 aliphatic carbocycles. The van der Waals surface area contributed by atoms with Gasteiger partial charge in [-0.2, -0.15) is 0 Å². The highest BCUT2D eigenvalue weighted by Gasteiger charge is 2.44. The highest BCUT2D eigenvalue weighted by atomic mass is 16.7. The first-order valence-corrected chi connectivity index (χ1v) is 34.7. The first-order chi connectivity index (χ1) is 40.7. The standard InChI is InChI=1S/C72H129NO10/c1-3-5-7-9-11-13-15-38-42-46-50-54-58-65(75)64(63-82-72-71(80)70(79)69(78)66(62-74)83-72)73-67(76)59-55-51-47-43-39-36-34-32-30-28-26-24-22-20-18-17-19-21-23-25-27-29-31-33-35-37-41-45-49-53-57-61-81-68(77)60-56-52-48-44-40-16-14-12-10-8-6-4-2/h9,11-12,14,19,21,25,27,38,42,54,58,64-66,69-72,74-75,78-80H,3-8,10,13,15-18,20,22-24,26,28-37,39-41,43-53,55-57,59-63H2,1-2H3,(H,73,76)/b11-9+,14-12-,21-19-,27-25-,42-38+,58-54+. The lowest BCUT2D eigenvalue weighted by Gasteiger charge is -2.40. The van der Waals surface area contributed by atoms with E-state index in [0.717, 1.165) is 77.0 Å². The summed E-state index contributed by atoms with van der Waals surface area (Å²) < 4.78 is 16.7. The summed E-state index contributed by atoms with van der Waals surface area (Å²) >= 11 is 0. The summed E-state index contributed by atoms with van der Waals surface area (Å²) in [5.74, 6) is -0.203. The summed E-state index contributed by atoms with van der Waals surface area (Å²) in [6.07, 6.45) is 71.8. The molecule has 0 bridgehead atoms. The summed E-state index contributed by atoms with van der Waals surface area (Å²) in [6.45, 7) is 4.26. The largest absolute Gasteiger partial charge is 0.466 e. The quantitative estimate of drug-likeness (QED) is 0.0195. The molecule has 482 valence electrons. The van der Waals surface area contributed by atoms with Crippen LogP contribution in [0.2, 0.25) is 0 Å². The number of aliphatic hydroxyl groups is 5. The lowest BCUT2D eigenvalue weighted by Crippen LogP contribution is -2.60. The summed E-state index contributed by atoms with van der Waals surface area (Å²) in [5.41, 5.74) is 0. The average Bonchev–Trinajstić information content (AvgIpc) is 3.60. The maximum absolute atomic E-state index is 13.0. The van der Waals surface area contributed by atoms with Gasteiger partial charge in [-0.15, -0.1) is 0 Å². The van der Waals surface area contributed by atoms with Crippen molar-refractivity contribution >= 4 is 11.9 Å². The Labute approximate surface area is 509 Å². The Hall–Kier alpha value is -2.90. The number of ether oxygens (including phenoxy) is 3. The summed E-state index contributed by atoms with van der Waals surface area (Å²) in [6, 6.07) is -0.835. The van der Waals surface area contributed by atoms with Crippen LogP contribution in [0.15, 0.2) is 72.9 Å². The Morgan fingerprint density at radius 2 is 0.831 bits per heavy atom. The van der Waals surface area contributed by atoms with Crippen LogP contribution in [0.5, 0.6) is 0 Å². The molecule has 1 fully saturated rings. The van der Waals surface area contributed by atoms with Crippen molar-refractivity contribution in [3.8, 4) is 0 Å². The van der Waals surface area contributed by atoms with E-state index in [1.807, 2.05) is 6.08 Å². The van der Waals surface area contributed by atoms with E-state index in [1.54, 1.807) is 6.08 Å². The summed E-state index contributed by atoms with van der Waals surface area (Å²) in [5, 5.41) is 54.4. The van der Waals surface area contributed by atoms with Gasteiger partial charge in [0.1, 0.15) is 24.4 Å². The van der Waals surface area contributed by atoms with E-state index in [1.165, 1.54) is 205 Å². The second-order valence-electron chi connectivity index (χ2n) is 23.8. The van der Waals surface area contributed by atoms with Crippen LogP contribution in [0.1, 0.15) is 309 Å². The zero-order valence-corrected chi connectivity index (χ0v) is 53.4. The van der Waals surface area contributed by atoms with Gasteiger partial charge in [-0.25, -0.2) is 0 Å². The third-order valence-corrected chi connectivity index (χ3v) is 16.0. The number of hydrogen-bond acceptors (Lipinski definition) is 10. The smallest absolute Gasteiger partial charge is 0.305 e. The number of rotatable bonds is 60. The molecular formula is C72H129NO10. The number of allylic oxidation sites excluding steroid dienone is 11. The molecule has 83 heavy (non-hydrogen) atoms. The van der Waals surface area contributed by atoms with Crippen LogP contribution >= 0.6 is 0 Å². The predicted molar refractivity (Wildman–Crippen MR) is 347 cm³/mol. The zero-order valence-electron chi connectivity index (χ0n) is 53.4. The second-order valence-corrected chi connectivity index (χ2v) is 23.8. The predicted octanol–water partition coefficient (Wildman–Crippen LogP) is 17.5. The molecule has 1 rings (SSSR count). The van der Waals surface area contributed by atoms with Crippen molar-refractivity contribution in [1.82, 2.24) is 5.32 Å². The number of aliphatic hydroxyl groups excluding tert-OH is 5. The number of carbonyl (C=O) groups is 2. The van der Waals surface area contributed by atoms with Gasteiger partial charge in [0.15, 0.2) is 6.29 Å². The lowest BCUT2D eigenvalue weighted by molar-refractivity contribution is -0.302. The fourth-order valence-corrected chi connectivity index (χ4v) is 10.5. The minimum Gasteiger partial charge on any atom is -0.466 e. The Morgan fingerprint density at radius 3 is 1.30 bits per heavy atom. The van der Waals surface area contributed by atoms with Gasteiger partial charge in [-0.05, 0) is 109 Å². The second kappa shape index (κ2) is 60.8. The molecule has 11 nitrogen and oxygen atoms in total. The Bertz CT molecular complexity index is 1610. The number of carbonyl (C=O) groups excluding carboxylic acids is 2. The molecule has 11 heteroatoms. The minimum atomic E-state index is -1.58. The number of hydrogen-bond donors (Lipinski definition) is 6. The number of esters is 1. The molecule has 0 aromatic carbocycles. The lowest BCUT2D eigenvalue weighted by atomic mass is 9.99. The van der Waals surface area contributed by atoms with Crippen molar-refractivity contribution in [2.24, 2.45) is 0 Å². The van der Waals surface area contributed by atoms with Gasteiger partial charge in [-0.3, -0.25) is 9.59 Å². The van der Waals surface area contributed by atoms with Crippen LogP contribution in [0.3, 0.4) is 0 Å². The highest BCUT2D eigenvalue weighted by Crippen LogP contribution is 2.23. The van der Waals surface area contributed by atoms with Crippen LogP contribution in [-0.4, -0.2) is 100 Å². The molecule has 1 saturated heterocycles. The molecular weight excluding hydrogens is 1040 g/mol. The van der Waals surface area contributed by atoms with Crippen molar-refractivity contribution in [2.75, 3.05) is 19.8 Å². The van der Waals surface area contributed by atoms with Crippen LogP contribution < -0.4 is 5.32 Å². The van der Waals surface area contributed by atoms with Crippen molar-refractivity contribution in [1.29, 1.82) is 0 Å². The molecule has 1 amide bonds. The van der Waals surface area contributed by atoms with E-state index in [2.05, 4.69) is 79.9 Å². The maximum Gasteiger partial charge on any atom is 0.305 e. The van der Waals surface area contributed by atoms with Gasteiger partial charge < -0.3 is 45.1 Å². The number of amides is 1. The molecule has 1 aliphatic rings. The minimum absolute atomic E-state index is 0.00588. The van der Waals surface area contributed by atoms with Crippen LogP contribution in [0, 0.1) is 0 Å². The van der Waals surface area contributed by atoms with Crippen molar-refractivity contribution in [2.45, 2.75) is 352 Å². The van der Waals surface area contributed by atoms with Gasteiger partial charge in [-0.1, -0.05) is 260 Å². The first kappa shape index (κ1) is 78.1. The monoisotopic (exact) mass is 1170 g/mol. The Balaban J connectivity index is 1.98. The van der Waals surface area contributed by atoms with E-state index < -0.39 is 49.5 Å². The Kier molecular flexibility index (Phi) is 57.2. The van der Waals surface area contributed by atoms with Gasteiger partial charge in [0.05, 0.1) is 32.0 Å². The van der Waals surface area contributed by atoms with Crippen molar-refractivity contribution < 1.29 is 49.3 Å². The molecule has 0 saturated carbocycles. The molecule has 0 aromatic heterocycles. The van der Waals surface area contributed by atoms with Crippen LogP contribution in [0.4, 0.5) is 0 Å². The normalized spacial score (nSPS) is 18.6. The van der Waals surface area contributed by atoms with Gasteiger partial charge >= 0.3 is 5.97 Å². The fraction of sp³-hybridized carbons (Fsp3) is 0.806. The molecule has 0 spiro atoms. The molecule has 1 aliphatic heterocycles. The van der Waals surface area contributed by atoms with Gasteiger partial charge in [0.2, 0.25) is 5.91 Å². The topological polar surface area (TPSA) is 175 Å². The van der Waals surface area contributed by atoms with Crippen molar-refractivity contribution in [3.05, 3.63) is 72.9 Å². The van der Waals surface area contributed by atoms with Crippen molar-refractivity contribution in [3.63, 3.8) is 0 Å². The van der Waals surface area contributed by atoms with E-state index in [-0.39, 0.29) is 18.5 Å².